The van der Waals surface area contributed by atoms with E-state index in [2.05, 4.69) is 15.6 Å². The van der Waals surface area contributed by atoms with Gasteiger partial charge < -0.3 is 15.0 Å². The first-order valence-corrected chi connectivity index (χ1v) is 8.20. The largest absolute Gasteiger partial charge is 0.379 e. The number of nitrogens with zero attached hydrogens (tertiary/aromatic N) is 4. The van der Waals surface area contributed by atoms with Crippen LogP contribution in [0.2, 0.25) is 0 Å². The minimum atomic E-state index is -0.0878. The van der Waals surface area contributed by atoms with Crippen LogP contribution in [-0.2, 0) is 4.74 Å². The van der Waals surface area contributed by atoms with Crippen LogP contribution < -0.4 is 5.32 Å². The monoisotopic (exact) mass is 343 g/mol. The van der Waals surface area contributed by atoms with Gasteiger partial charge in [0.05, 0.1) is 18.8 Å². The molecule has 0 radical (unpaired) electrons. The van der Waals surface area contributed by atoms with Gasteiger partial charge in [-0.1, -0.05) is 5.21 Å². The van der Waals surface area contributed by atoms with Crippen LogP contribution in [0.1, 0.15) is 42.2 Å². The summed E-state index contributed by atoms with van der Waals surface area (Å²) in [5, 5.41) is 11.5. The summed E-state index contributed by atoms with van der Waals surface area (Å²) in [6.45, 7) is 3.99. The zero-order valence-corrected chi connectivity index (χ0v) is 14.4. The maximum Gasteiger partial charge on any atom is 0.275 e. The Hall–Kier alpha value is -1.18. The molecule has 1 aromatic heterocycles. The molecule has 1 saturated heterocycles. The van der Waals surface area contributed by atoms with Crippen LogP contribution in [0.25, 0.3) is 0 Å². The van der Waals surface area contributed by atoms with Gasteiger partial charge in [-0.25, -0.2) is 4.68 Å². The lowest BCUT2D eigenvalue weighted by Crippen LogP contribution is -2.31. The molecule has 0 bridgehead atoms. The van der Waals surface area contributed by atoms with Crippen molar-refractivity contribution in [3.05, 3.63) is 11.9 Å². The molecule has 3 rings (SSSR count). The molecule has 1 aliphatic heterocycles. The van der Waals surface area contributed by atoms with Gasteiger partial charge in [0.25, 0.3) is 5.91 Å². The van der Waals surface area contributed by atoms with E-state index in [1.165, 1.54) is 12.8 Å². The summed E-state index contributed by atoms with van der Waals surface area (Å²) in [4.78, 5) is 14.0. The average molecular weight is 344 g/mol. The van der Waals surface area contributed by atoms with E-state index in [1.807, 2.05) is 4.68 Å². The highest BCUT2D eigenvalue weighted by Crippen LogP contribution is 2.28. The molecule has 8 heteroatoms. The van der Waals surface area contributed by atoms with Gasteiger partial charge in [0.15, 0.2) is 5.69 Å². The highest BCUT2D eigenvalue weighted by Gasteiger charge is 2.22. The highest BCUT2D eigenvalue weighted by atomic mass is 35.5. The van der Waals surface area contributed by atoms with E-state index >= 15 is 0 Å². The number of hydrogen-bond acceptors (Lipinski definition) is 5. The minimum absolute atomic E-state index is 0. The molecule has 0 unspecified atom stereocenters. The van der Waals surface area contributed by atoms with Crippen molar-refractivity contribution in [1.82, 2.24) is 25.2 Å². The summed E-state index contributed by atoms with van der Waals surface area (Å²) in [5.74, 6) is 0.668. The topological polar surface area (TPSA) is 72.3 Å². The lowest BCUT2D eigenvalue weighted by Gasteiger charge is -2.22. The van der Waals surface area contributed by atoms with Crippen LogP contribution in [0.5, 0.6) is 0 Å². The molecule has 1 saturated carbocycles. The molecule has 23 heavy (non-hydrogen) atoms. The first-order chi connectivity index (χ1) is 10.7. The number of likely N-dealkylation sites (N-methyl/N-ethyl adjacent to an activating group) is 1. The smallest absolute Gasteiger partial charge is 0.275 e. The molecule has 1 aliphatic carbocycles. The molecule has 1 amide bonds. The van der Waals surface area contributed by atoms with Gasteiger partial charge >= 0.3 is 0 Å². The molecule has 1 N–H and O–H groups in total. The van der Waals surface area contributed by atoms with Crippen LogP contribution in [0.4, 0.5) is 0 Å². The average Bonchev–Trinajstić information content (AvgIpc) is 3.25. The van der Waals surface area contributed by atoms with E-state index in [1.54, 1.807) is 18.1 Å². The van der Waals surface area contributed by atoms with Crippen LogP contribution in [-0.4, -0.2) is 65.7 Å². The molecule has 1 aromatic rings. The normalized spacial score (nSPS) is 18.5. The van der Waals surface area contributed by atoms with E-state index in [4.69, 9.17) is 4.74 Å². The second-order valence-corrected chi connectivity index (χ2v) is 6.31. The Morgan fingerprint density at radius 3 is 2.83 bits per heavy atom. The Bertz CT molecular complexity index is 500. The Morgan fingerprint density at radius 1 is 1.39 bits per heavy atom. The molecule has 0 atom stereocenters. The second kappa shape index (κ2) is 8.61. The third-order valence-electron chi connectivity index (χ3n) is 4.38. The molecule has 0 spiro atoms. The highest BCUT2D eigenvalue weighted by molar-refractivity contribution is 5.91. The van der Waals surface area contributed by atoms with E-state index in [0.717, 1.165) is 38.5 Å². The van der Waals surface area contributed by atoms with Gasteiger partial charge in [0, 0.05) is 20.2 Å². The number of hydrogen-bond donors (Lipinski definition) is 1. The molecular formula is C15H26ClN5O2. The second-order valence-electron chi connectivity index (χ2n) is 6.31. The van der Waals surface area contributed by atoms with Gasteiger partial charge in [-0.3, -0.25) is 4.79 Å². The molecular weight excluding hydrogens is 318 g/mol. The fourth-order valence-corrected chi connectivity index (χ4v) is 2.66. The SMILES string of the molecule is CN(CCOCC1CC1)C(=O)c1cn(C2CCNCC2)nn1.Cl. The number of carbonyl (C=O) groups excluding carboxylic acids is 1. The van der Waals surface area contributed by atoms with Gasteiger partial charge in [0.2, 0.25) is 0 Å². The summed E-state index contributed by atoms with van der Waals surface area (Å²) >= 11 is 0. The quantitative estimate of drug-likeness (QED) is 0.751. The molecule has 2 fully saturated rings. The summed E-state index contributed by atoms with van der Waals surface area (Å²) in [5.41, 5.74) is 0.420. The van der Waals surface area contributed by atoms with Crippen LogP contribution in [0.15, 0.2) is 6.20 Å². The summed E-state index contributed by atoms with van der Waals surface area (Å²) < 4.78 is 7.41. The Kier molecular flexibility index (Phi) is 6.80. The van der Waals surface area contributed by atoms with Crippen molar-refractivity contribution in [3.63, 3.8) is 0 Å². The summed E-state index contributed by atoms with van der Waals surface area (Å²) in [6, 6.07) is 0.350. The van der Waals surface area contributed by atoms with Gasteiger partial charge in [-0.2, -0.15) is 0 Å². The number of amides is 1. The number of piperidine rings is 1. The lowest BCUT2D eigenvalue weighted by molar-refractivity contribution is 0.0676. The Labute approximate surface area is 143 Å². The summed E-state index contributed by atoms with van der Waals surface area (Å²) in [7, 11) is 1.78. The van der Waals surface area contributed by atoms with E-state index in [9.17, 15) is 4.79 Å². The van der Waals surface area contributed by atoms with Gasteiger partial charge in [-0.15, -0.1) is 17.5 Å². The van der Waals surface area contributed by atoms with E-state index < -0.39 is 0 Å². The molecule has 2 heterocycles. The van der Waals surface area contributed by atoms with Crippen molar-refractivity contribution in [2.24, 2.45) is 5.92 Å². The van der Waals surface area contributed by atoms with E-state index in [-0.39, 0.29) is 18.3 Å². The maximum atomic E-state index is 12.3. The first kappa shape index (κ1) is 18.2. The van der Waals surface area contributed by atoms with Crippen molar-refractivity contribution >= 4 is 18.3 Å². The van der Waals surface area contributed by atoms with Crippen LogP contribution in [0.3, 0.4) is 0 Å². The van der Waals surface area contributed by atoms with E-state index in [0.29, 0.717) is 24.9 Å². The van der Waals surface area contributed by atoms with Crippen molar-refractivity contribution in [1.29, 1.82) is 0 Å². The van der Waals surface area contributed by atoms with Crippen molar-refractivity contribution in [2.45, 2.75) is 31.7 Å². The van der Waals surface area contributed by atoms with Crippen LogP contribution >= 0.6 is 12.4 Å². The number of carbonyl (C=O) groups is 1. The zero-order valence-electron chi connectivity index (χ0n) is 13.6. The zero-order chi connectivity index (χ0) is 15.4. The van der Waals surface area contributed by atoms with Crippen molar-refractivity contribution in [2.75, 3.05) is 39.9 Å². The third-order valence-corrected chi connectivity index (χ3v) is 4.38. The number of nitrogens with one attached hydrogen (secondary N) is 1. The predicted octanol–water partition coefficient (Wildman–Crippen LogP) is 1.12. The number of rotatable bonds is 7. The third kappa shape index (κ3) is 5.16. The van der Waals surface area contributed by atoms with Crippen LogP contribution in [0, 0.1) is 5.92 Å². The molecule has 130 valence electrons. The lowest BCUT2D eigenvalue weighted by atomic mass is 10.1. The first-order valence-electron chi connectivity index (χ1n) is 8.20. The summed E-state index contributed by atoms with van der Waals surface area (Å²) in [6.07, 6.45) is 6.41. The van der Waals surface area contributed by atoms with Crippen molar-refractivity contribution in [3.8, 4) is 0 Å². The number of ether oxygens (including phenoxy) is 1. The minimum Gasteiger partial charge on any atom is -0.379 e. The number of aromatic nitrogens is 3. The molecule has 0 aromatic carbocycles. The van der Waals surface area contributed by atoms with Gasteiger partial charge in [-0.05, 0) is 44.7 Å². The Balaban J connectivity index is 0.00000192. The predicted molar refractivity (Wildman–Crippen MR) is 88.9 cm³/mol. The fourth-order valence-electron chi connectivity index (χ4n) is 2.66. The fraction of sp³-hybridized carbons (Fsp3) is 0.800. The maximum absolute atomic E-state index is 12.3. The standard InChI is InChI=1S/C15H25N5O2.ClH/c1-19(8-9-22-11-12-2-3-12)15(21)14-10-20(18-17-14)13-4-6-16-7-5-13;/h10,12-13,16H,2-9,11H2,1H3;1H. The Morgan fingerprint density at radius 2 is 2.13 bits per heavy atom. The van der Waals surface area contributed by atoms with Gasteiger partial charge in [0.1, 0.15) is 0 Å². The van der Waals surface area contributed by atoms with Crippen molar-refractivity contribution < 1.29 is 9.53 Å². The number of halogens is 1. The molecule has 7 nitrogen and oxygen atoms in total. The molecule has 2 aliphatic rings.